The van der Waals surface area contributed by atoms with Gasteiger partial charge in [-0.05, 0) is 13.3 Å². The van der Waals surface area contributed by atoms with Crippen LogP contribution in [-0.2, 0) is 0 Å². The minimum absolute atomic E-state index is 0.177. The molecule has 1 N–H and O–H groups in total. The highest BCUT2D eigenvalue weighted by Gasteiger charge is 2.20. The zero-order valence-electron chi connectivity index (χ0n) is 10.6. The third-order valence-electron chi connectivity index (χ3n) is 3.19. The number of hydrogen-bond donors (Lipinski definition) is 1. The van der Waals surface area contributed by atoms with Crippen molar-refractivity contribution in [3.8, 4) is 0 Å². The molecule has 0 aromatic carbocycles. The Morgan fingerprint density at radius 2 is 2.12 bits per heavy atom. The van der Waals surface area contributed by atoms with Crippen molar-refractivity contribution in [3.05, 3.63) is 11.1 Å². The van der Waals surface area contributed by atoms with Crippen LogP contribution >= 0.6 is 11.3 Å². The molecule has 1 aromatic heterocycles. The van der Waals surface area contributed by atoms with Crippen LogP contribution in [0.15, 0.2) is 5.38 Å². The molecule has 0 amide bonds. The van der Waals surface area contributed by atoms with Gasteiger partial charge in [0.2, 0.25) is 0 Å². The molecule has 17 heavy (non-hydrogen) atoms. The molecule has 0 radical (unpaired) electrons. The van der Waals surface area contributed by atoms with E-state index in [4.69, 9.17) is 0 Å². The van der Waals surface area contributed by atoms with E-state index >= 15 is 0 Å². The van der Waals surface area contributed by atoms with E-state index in [2.05, 4.69) is 20.2 Å². The standard InChI is InChI=1S/C12H21N3OS/c1-3-11(16)8-14-4-6-15(7-5-14)12-13-10(2)9-17-12/h9,11,16H,3-8H2,1-2H3. The first-order chi connectivity index (χ1) is 8.19. The Kier molecular flexibility index (Phi) is 4.36. The Hall–Kier alpha value is -0.650. The number of aliphatic hydroxyl groups excluding tert-OH is 1. The van der Waals surface area contributed by atoms with E-state index < -0.39 is 0 Å². The first kappa shape index (κ1) is 12.8. The molecule has 1 saturated heterocycles. The van der Waals surface area contributed by atoms with Crippen molar-refractivity contribution >= 4 is 16.5 Å². The van der Waals surface area contributed by atoms with Gasteiger partial charge < -0.3 is 10.0 Å². The van der Waals surface area contributed by atoms with Gasteiger partial charge in [-0.1, -0.05) is 6.92 Å². The number of aliphatic hydroxyl groups is 1. The monoisotopic (exact) mass is 255 g/mol. The van der Waals surface area contributed by atoms with E-state index in [0.717, 1.165) is 50.0 Å². The third kappa shape index (κ3) is 3.40. The van der Waals surface area contributed by atoms with Gasteiger partial charge in [0.1, 0.15) is 0 Å². The third-order valence-corrected chi connectivity index (χ3v) is 4.21. The molecule has 0 aliphatic carbocycles. The van der Waals surface area contributed by atoms with Gasteiger partial charge in [0, 0.05) is 38.1 Å². The van der Waals surface area contributed by atoms with Crippen molar-refractivity contribution in [3.63, 3.8) is 0 Å². The van der Waals surface area contributed by atoms with Crippen LogP contribution in [0.5, 0.6) is 0 Å². The summed E-state index contributed by atoms with van der Waals surface area (Å²) >= 11 is 1.72. The molecule has 2 heterocycles. The van der Waals surface area contributed by atoms with Crippen LogP contribution in [0.4, 0.5) is 5.13 Å². The summed E-state index contributed by atoms with van der Waals surface area (Å²) in [6.07, 6.45) is 0.662. The lowest BCUT2D eigenvalue weighted by atomic mass is 10.2. The van der Waals surface area contributed by atoms with Crippen molar-refractivity contribution < 1.29 is 5.11 Å². The first-order valence-electron chi connectivity index (χ1n) is 6.26. The minimum Gasteiger partial charge on any atom is -0.392 e. The second kappa shape index (κ2) is 5.80. The molecule has 1 aromatic rings. The van der Waals surface area contributed by atoms with Gasteiger partial charge in [-0.3, -0.25) is 4.90 Å². The van der Waals surface area contributed by atoms with Crippen molar-refractivity contribution in [2.45, 2.75) is 26.4 Å². The number of β-amino-alcohol motifs (C(OH)–C–C–N with tert-alkyl or cyclic N) is 1. The summed E-state index contributed by atoms with van der Waals surface area (Å²) in [5.74, 6) is 0. The quantitative estimate of drug-likeness (QED) is 0.881. The topological polar surface area (TPSA) is 39.6 Å². The molecule has 1 atom stereocenters. The van der Waals surface area contributed by atoms with Gasteiger partial charge in [-0.25, -0.2) is 4.98 Å². The van der Waals surface area contributed by atoms with Crippen molar-refractivity contribution in [2.75, 3.05) is 37.6 Å². The predicted octanol–water partition coefficient (Wildman–Crippen LogP) is 1.34. The number of nitrogens with zero attached hydrogens (tertiary/aromatic N) is 3. The molecule has 0 saturated carbocycles. The first-order valence-corrected chi connectivity index (χ1v) is 7.14. The lowest BCUT2D eigenvalue weighted by molar-refractivity contribution is 0.106. The van der Waals surface area contributed by atoms with E-state index in [-0.39, 0.29) is 6.10 Å². The maximum absolute atomic E-state index is 9.63. The zero-order chi connectivity index (χ0) is 12.3. The summed E-state index contributed by atoms with van der Waals surface area (Å²) in [6, 6.07) is 0. The number of piperazine rings is 1. The molecule has 0 spiro atoms. The maximum atomic E-state index is 9.63. The number of anilines is 1. The van der Waals surface area contributed by atoms with E-state index in [1.165, 1.54) is 0 Å². The van der Waals surface area contributed by atoms with Crippen LogP contribution in [-0.4, -0.2) is 53.8 Å². The van der Waals surface area contributed by atoms with Gasteiger partial charge in [0.05, 0.1) is 11.8 Å². The van der Waals surface area contributed by atoms with E-state index in [1.54, 1.807) is 11.3 Å². The van der Waals surface area contributed by atoms with Gasteiger partial charge >= 0.3 is 0 Å². The second-order valence-electron chi connectivity index (χ2n) is 4.62. The van der Waals surface area contributed by atoms with Gasteiger partial charge in [-0.15, -0.1) is 11.3 Å². The molecule has 1 aliphatic rings. The van der Waals surface area contributed by atoms with Crippen LogP contribution < -0.4 is 4.90 Å². The number of aromatic nitrogens is 1. The van der Waals surface area contributed by atoms with Crippen molar-refractivity contribution in [1.29, 1.82) is 0 Å². The van der Waals surface area contributed by atoms with Crippen LogP contribution in [0.2, 0.25) is 0 Å². The lowest BCUT2D eigenvalue weighted by Gasteiger charge is -2.35. The molecule has 1 aliphatic heterocycles. The molecular weight excluding hydrogens is 234 g/mol. The maximum Gasteiger partial charge on any atom is 0.185 e. The van der Waals surface area contributed by atoms with Crippen molar-refractivity contribution in [2.24, 2.45) is 0 Å². The zero-order valence-corrected chi connectivity index (χ0v) is 11.4. The molecule has 1 unspecified atom stereocenters. The molecule has 4 nitrogen and oxygen atoms in total. The molecule has 5 heteroatoms. The van der Waals surface area contributed by atoms with Gasteiger partial charge in [0.15, 0.2) is 5.13 Å². The highest BCUT2D eigenvalue weighted by Crippen LogP contribution is 2.21. The Bertz CT molecular complexity index is 347. The summed E-state index contributed by atoms with van der Waals surface area (Å²) in [6.45, 7) is 8.95. The fourth-order valence-electron chi connectivity index (χ4n) is 2.04. The summed E-state index contributed by atoms with van der Waals surface area (Å²) in [5.41, 5.74) is 1.11. The number of rotatable bonds is 4. The van der Waals surface area contributed by atoms with Crippen LogP contribution in [0, 0.1) is 6.92 Å². The average molecular weight is 255 g/mol. The second-order valence-corrected chi connectivity index (χ2v) is 5.46. The van der Waals surface area contributed by atoms with E-state index in [9.17, 15) is 5.11 Å². The number of aryl methyl sites for hydroxylation is 1. The van der Waals surface area contributed by atoms with Crippen molar-refractivity contribution in [1.82, 2.24) is 9.88 Å². The molecule has 96 valence electrons. The fraction of sp³-hybridized carbons (Fsp3) is 0.750. The average Bonchev–Trinajstić information content (AvgIpc) is 2.77. The Morgan fingerprint density at radius 3 is 2.65 bits per heavy atom. The van der Waals surface area contributed by atoms with E-state index in [0.29, 0.717) is 0 Å². The van der Waals surface area contributed by atoms with Crippen LogP contribution in [0.3, 0.4) is 0 Å². The fourth-order valence-corrected chi connectivity index (χ4v) is 2.89. The molecule has 1 fully saturated rings. The molecule has 2 rings (SSSR count). The van der Waals surface area contributed by atoms with Crippen LogP contribution in [0.25, 0.3) is 0 Å². The molecular formula is C12H21N3OS. The smallest absolute Gasteiger partial charge is 0.185 e. The number of hydrogen-bond acceptors (Lipinski definition) is 5. The Balaban J connectivity index is 1.82. The predicted molar refractivity (Wildman–Crippen MR) is 71.8 cm³/mol. The number of thiazole rings is 1. The lowest BCUT2D eigenvalue weighted by Crippen LogP contribution is -2.48. The normalized spacial score (nSPS) is 19.6. The SMILES string of the molecule is CCC(O)CN1CCN(c2nc(C)cs2)CC1. The Morgan fingerprint density at radius 1 is 1.41 bits per heavy atom. The Labute approximate surface area is 107 Å². The minimum atomic E-state index is -0.177. The van der Waals surface area contributed by atoms with Crippen LogP contribution in [0.1, 0.15) is 19.0 Å². The van der Waals surface area contributed by atoms with Gasteiger partial charge in [-0.2, -0.15) is 0 Å². The summed E-state index contributed by atoms with van der Waals surface area (Å²) in [5, 5.41) is 12.9. The summed E-state index contributed by atoms with van der Waals surface area (Å²) in [7, 11) is 0. The molecule has 0 bridgehead atoms. The highest BCUT2D eigenvalue weighted by atomic mass is 32.1. The summed E-state index contributed by atoms with van der Waals surface area (Å²) < 4.78 is 0. The van der Waals surface area contributed by atoms with Gasteiger partial charge in [0.25, 0.3) is 0 Å². The van der Waals surface area contributed by atoms with E-state index in [1.807, 2.05) is 13.8 Å². The summed E-state index contributed by atoms with van der Waals surface area (Å²) in [4.78, 5) is 9.19. The largest absolute Gasteiger partial charge is 0.392 e. The highest BCUT2D eigenvalue weighted by molar-refractivity contribution is 7.13.